The van der Waals surface area contributed by atoms with Crippen molar-refractivity contribution in [1.29, 1.82) is 0 Å². The van der Waals surface area contributed by atoms with Crippen LogP contribution in [0.2, 0.25) is 0 Å². The van der Waals surface area contributed by atoms with Crippen LogP contribution >= 0.6 is 0 Å². The quantitative estimate of drug-likeness (QED) is 0.605. The molecule has 18 heavy (non-hydrogen) atoms. The molecule has 0 heterocycles. The van der Waals surface area contributed by atoms with Crippen LogP contribution in [0.3, 0.4) is 0 Å². The summed E-state index contributed by atoms with van der Waals surface area (Å²) >= 11 is 0. The Morgan fingerprint density at radius 1 is 1.33 bits per heavy atom. The molecule has 1 rings (SSSR count). The molecule has 1 aliphatic rings. The summed E-state index contributed by atoms with van der Waals surface area (Å²) in [6, 6.07) is 0.478. The van der Waals surface area contributed by atoms with Crippen LogP contribution in [0, 0.1) is 0 Å². The molecular formula is C13H24N2O3. The lowest BCUT2D eigenvalue weighted by atomic mass is 10.3. The number of rotatable bonds is 8. The van der Waals surface area contributed by atoms with E-state index in [1.54, 1.807) is 0 Å². The van der Waals surface area contributed by atoms with Gasteiger partial charge in [-0.15, -0.1) is 0 Å². The summed E-state index contributed by atoms with van der Waals surface area (Å²) in [6.45, 7) is 3.99. The minimum atomic E-state index is -0.192. The predicted octanol–water partition coefficient (Wildman–Crippen LogP) is 0.882. The predicted molar refractivity (Wildman–Crippen MR) is 69.2 cm³/mol. The number of ether oxygens (including phenoxy) is 1. The van der Waals surface area contributed by atoms with Crippen LogP contribution in [0.25, 0.3) is 0 Å². The Hall–Kier alpha value is -1.10. The van der Waals surface area contributed by atoms with Gasteiger partial charge in [0.1, 0.15) is 0 Å². The molecule has 0 saturated heterocycles. The molecule has 0 N–H and O–H groups in total. The van der Waals surface area contributed by atoms with E-state index in [4.69, 9.17) is 0 Å². The van der Waals surface area contributed by atoms with Crippen molar-refractivity contribution < 1.29 is 14.3 Å². The van der Waals surface area contributed by atoms with Gasteiger partial charge < -0.3 is 9.64 Å². The molecule has 0 aromatic carbocycles. The highest BCUT2D eigenvalue weighted by molar-refractivity contribution is 5.78. The molecule has 1 aliphatic carbocycles. The molecule has 0 aromatic rings. The SMILES string of the molecule is CCN(C(=O)CN(C)CCCC(=O)OC)C1CC1. The molecule has 1 amide bonds. The van der Waals surface area contributed by atoms with Crippen molar-refractivity contribution in [3.05, 3.63) is 0 Å². The summed E-state index contributed by atoms with van der Waals surface area (Å²) < 4.78 is 4.58. The van der Waals surface area contributed by atoms with Gasteiger partial charge in [0.2, 0.25) is 5.91 Å². The summed E-state index contributed by atoms with van der Waals surface area (Å²) in [4.78, 5) is 26.9. The van der Waals surface area contributed by atoms with E-state index in [0.717, 1.165) is 32.4 Å². The van der Waals surface area contributed by atoms with Gasteiger partial charge in [0.15, 0.2) is 0 Å². The third-order valence-electron chi connectivity index (χ3n) is 3.20. The van der Waals surface area contributed by atoms with Crippen molar-refractivity contribution in [2.24, 2.45) is 0 Å². The van der Waals surface area contributed by atoms with E-state index in [1.165, 1.54) is 7.11 Å². The van der Waals surface area contributed by atoms with Gasteiger partial charge in [-0.1, -0.05) is 0 Å². The first-order valence-electron chi connectivity index (χ1n) is 6.63. The maximum absolute atomic E-state index is 12.0. The average Bonchev–Trinajstić information content (AvgIpc) is 3.14. The van der Waals surface area contributed by atoms with Crippen molar-refractivity contribution in [1.82, 2.24) is 9.80 Å². The summed E-state index contributed by atoms with van der Waals surface area (Å²) in [5.41, 5.74) is 0. The third kappa shape index (κ3) is 5.04. The Kier molecular flexibility index (Phi) is 6.12. The second kappa shape index (κ2) is 7.36. The highest BCUT2D eigenvalue weighted by Gasteiger charge is 2.31. The standard InChI is InChI=1S/C13H24N2O3/c1-4-15(11-7-8-11)12(16)10-14(2)9-5-6-13(17)18-3/h11H,4-10H2,1-3H3. The molecule has 0 aliphatic heterocycles. The van der Waals surface area contributed by atoms with E-state index in [1.807, 2.05) is 23.8 Å². The second-order valence-corrected chi connectivity index (χ2v) is 4.83. The molecule has 0 spiro atoms. The zero-order valence-corrected chi connectivity index (χ0v) is 11.6. The number of hydrogen-bond donors (Lipinski definition) is 0. The largest absolute Gasteiger partial charge is 0.469 e. The van der Waals surface area contributed by atoms with Crippen LogP contribution in [0.4, 0.5) is 0 Å². The number of methoxy groups -OCH3 is 1. The van der Waals surface area contributed by atoms with E-state index < -0.39 is 0 Å². The topological polar surface area (TPSA) is 49.9 Å². The lowest BCUT2D eigenvalue weighted by molar-refractivity contribution is -0.140. The van der Waals surface area contributed by atoms with Crippen molar-refractivity contribution in [3.63, 3.8) is 0 Å². The molecule has 1 fully saturated rings. The van der Waals surface area contributed by atoms with Gasteiger partial charge in [-0.05, 0) is 39.8 Å². The maximum atomic E-state index is 12.0. The number of amides is 1. The molecule has 0 aromatic heterocycles. The van der Waals surface area contributed by atoms with Crippen LogP contribution in [0.1, 0.15) is 32.6 Å². The van der Waals surface area contributed by atoms with Gasteiger partial charge in [-0.25, -0.2) is 0 Å². The number of esters is 1. The lowest BCUT2D eigenvalue weighted by Crippen LogP contribution is -2.40. The molecule has 104 valence electrons. The van der Waals surface area contributed by atoms with Crippen molar-refractivity contribution in [2.45, 2.75) is 38.6 Å². The Bertz CT molecular complexity index is 290. The Morgan fingerprint density at radius 2 is 2.00 bits per heavy atom. The van der Waals surface area contributed by atoms with Gasteiger partial charge in [0.25, 0.3) is 0 Å². The smallest absolute Gasteiger partial charge is 0.305 e. The van der Waals surface area contributed by atoms with E-state index in [0.29, 0.717) is 19.0 Å². The van der Waals surface area contributed by atoms with Gasteiger partial charge >= 0.3 is 5.97 Å². The molecule has 1 saturated carbocycles. The minimum absolute atomic E-state index is 0.192. The molecular weight excluding hydrogens is 232 g/mol. The van der Waals surface area contributed by atoms with Gasteiger partial charge in [0, 0.05) is 19.0 Å². The van der Waals surface area contributed by atoms with Crippen molar-refractivity contribution in [2.75, 3.05) is 33.8 Å². The molecule has 0 bridgehead atoms. The number of carbonyl (C=O) groups is 2. The highest BCUT2D eigenvalue weighted by atomic mass is 16.5. The minimum Gasteiger partial charge on any atom is -0.469 e. The van der Waals surface area contributed by atoms with Crippen LogP contribution < -0.4 is 0 Å². The summed E-state index contributed by atoms with van der Waals surface area (Å²) in [5, 5.41) is 0. The zero-order chi connectivity index (χ0) is 13.5. The number of carbonyl (C=O) groups excluding carboxylic acids is 2. The zero-order valence-electron chi connectivity index (χ0n) is 11.6. The van der Waals surface area contributed by atoms with Gasteiger partial charge in [-0.2, -0.15) is 0 Å². The molecule has 0 unspecified atom stereocenters. The Labute approximate surface area is 109 Å². The third-order valence-corrected chi connectivity index (χ3v) is 3.20. The van der Waals surface area contributed by atoms with E-state index >= 15 is 0 Å². The average molecular weight is 256 g/mol. The number of hydrogen-bond acceptors (Lipinski definition) is 4. The van der Waals surface area contributed by atoms with E-state index in [9.17, 15) is 9.59 Å². The summed E-state index contributed by atoms with van der Waals surface area (Å²) in [5.74, 6) is 0.00320. The molecule has 5 nitrogen and oxygen atoms in total. The fraction of sp³-hybridized carbons (Fsp3) is 0.846. The normalized spacial score (nSPS) is 14.7. The van der Waals surface area contributed by atoms with Crippen molar-refractivity contribution in [3.8, 4) is 0 Å². The van der Waals surface area contributed by atoms with Crippen LogP contribution in [0.15, 0.2) is 0 Å². The van der Waals surface area contributed by atoms with Crippen LogP contribution in [-0.2, 0) is 14.3 Å². The number of likely N-dealkylation sites (N-methyl/N-ethyl adjacent to an activating group) is 2. The van der Waals surface area contributed by atoms with Gasteiger partial charge in [0.05, 0.1) is 13.7 Å². The lowest BCUT2D eigenvalue weighted by Gasteiger charge is -2.24. The maximum Gasteiger partial charge on any atom is 0.305 e. The monoisotopic (exact) mass is 256 g/mol. The first kappa shape index (κ1) is 15.0. The highest BCUT2D eigenvalue weighted by Crippen LogP contribution is 2.26. The van der Waals surface area contributed by atoms with Crippen LogP contribution in [0.5, 0.6) is 0 Å². The van der Waals surface area contributed by atoms with E-state index in [-0.39, 0.29) is 11.9 Å². The Morgan fingerprint density at radius 3 is 2.50 bits per heavy atom. The Balaban J connectivity index is 2.20. The van der Waals surface area contributed by atoms with Crippen LogP contribution in [-0.4, -0.2) is 61.5 Å². The van der Waals surface area contributed by atoms with Gasteiger partial charge in [-0.3, -0.25) is 14.5 Å². The number of nitrogens with zero attached hydrogens (tertiary/aromatic N) is 2. The molecule has 5 heteroatoms. The summed E-state index contributed by atoms with van der Waals surface area (Å²) in [7, 11) is 3.31. The fourth-order valence-corrected chi connectivity index (χ4v) is 2.02. The first-order chi connectivity index (χ1) is 8.58. The molecule has 0 atom stereocenters. The first-order valence-corrected chi connectivity index (χ1v) is 6.63. The van der Waals surface area contributed by atoms with E-state index in [2.05, 4.69) is 4.74 Å². The fourth-order valence-electron chi connectivity index (χ4n) is 2.02. The second-order valence-electron chi connectivity index (χ2n) is 4.83. The van der Waals surface area contributed by atoms with Crippen molar-refractivity contribution >= 4 is 11.9 Å². The summed E-state index contributed by atoms with van der Waals surface area (Å²) in [6.07, 6.45) is 3.43. The molecule has 0 radical (unpaired) electrons.